The largest absolute Gasteiger partial charge is 0.446 e. The van der Waals surface area contributed by atoms with Gasteiger partial charge in [0.05, 0.1) is 18.3 Å². The molecule has 2 amide bonds. The molecular weight excluding hydrogens is 276 g/mol. The smallest absolute Gasteiger partial charge is 0.289 e. The molecule has 1 saturated heterocycles. The van der Waals surface area contributed by atoms with E-state index in [9.17, 15) is 9.59 Å². The lowest BCUT2D eigenvalue weighted by Crippen LogP contribution is -2.55. The Morgan fingerprint density at radius 3 is 2.67 bits per heavy atom. The minimum absolute atomic E-state index is 0.0284. The number of furan rings is 1. The van der Waals surface area contributed by atoms with Crippen molar-refractivity contribution in [1.82, 2.24) is 4.90 Å². The second-order valence-electron chi connectivity index (χ2n) is 5.67. The molecular formula is C14H20N2O5. The van der Waals surface area contributed by atoms with E-state index < -0.39 is 11.5 Å². The fourth-order valence-corrected chi connectivity index (χ4v) is 2.46. The monoisotopic (exact) mass is 296 g/mol. The lowest BCUT2D eigenvalue weighted by atomic mass is 10.0. The highest BCUT2D eigenvalue weighted by Gasteiger charge is 2.36. The first kappa shape index (κ1) is 15.5. The first-order valence-corrected chi connectivity index (χ1v) is 6.68. The van der Waals surface area contributed by atoms with Gasteiger partial charge in [0, 0.05) is 20.2 Å². The summed E-state index contributed by atoms with van der Waals surface area (Å²) in [6.07, 6.45) is -0.201. The predicted molar refractivity (Wildman–Crippen MR) is 74.0 cm³/mol. The van der Waals surface area contributed by atoms with Crippen LogP contribution < -0.4 is 5.73 Å². The van der Waals surface area contributed by atoms with Crippen LogP contribution in [0.15, 0.2) is 16.5 Å². The molecule has 7 heteroatoms. The Bertz CT molecular complexity index is 537. The van der Waals surface area contributed by atoms with Gasteiger partial charge in [0.1, 0.15) is 0 Å². The maximum atomic E-state index is 12.5. The van der Waals surface area contributed by atoms with E-state index in [4.69, 9.17) is 19.6 Å². The molecule has 1 atom stereocenters. The average molecular weight is 296 g/mol. The molecule has 1 fully saturated rings. The average Bonchev–Trinajstić information content (AvgIpc) is 2.86. The van der Waals surface area contributed by atoms with Crippen LogP contribution in [0.5, 0.6) is 0 Å². The Morgan fingerprint density at radius 1 is 1.43 bits per heavy atom. The van der Waals surface area contributed by atoms with E-state index in [0.717, 1.165) is 0 Å². The summed E-state index contributed by atoms with van der Waals surface area (Å²) in [7, 11) is 1.59. The van der Waals surface area contributed by atoms with Crippen molar-refractivity contribution < 1.29 is 23.5 Å². The lowest BCUT2D eigenvalue weighted by Gasteiger charge is -2.42. The number of primary amides is 1. The van der Waals surface area contributed by atoms with E-state index >= 15 is 0 Å². The number of carbonyl (C=O) groups is 2. The van der Waals surface area contributed by atoms with E-state index in [1.165, 1.54) is 12.1 Å². The number of amides is 2. The quantitative estimate of drug-likeness (QED) is 0.880. The van der Waals surface area contributed by atoms with Gasteiger partial charge in [-0.1, -0.05) is 0 Å². The molecule has 0 aromatic carbocycles. The maximum Gasteiger partial charge on any atom is 0.289 e. The number of hydrogen-bond acceptors (Lipinski definition) is 5. The zero-order valence-electron chi connectivity index (χ0n) is 12.4. The summed E-state index contributed by atoms with van der Waals surface area (Å²) in [6.45, 7) is 5.05. The van der Waals surface area contributed by atoms with Gasteiger partial charge in [-0.2, -0.15) is 0 Å². The van der Waals surface area contributed by atoms with Crippen molar-refractivity contribution in [3.05, 3.63) is 23.7 Å². The van der Waals surface area contributed by atoms with Crippen LogP contribution in [0.25, 0.3) is 0 Å². The fraction of sp³-hybridized carbons (Fsp3) is 0.571. The van der Waals surface area contributed by atoms with Gasteiger partial charge in [0.2, 0.25) is 0 Å². The molecule has 0 radical (unpaired) electrons. The van der Waals surface area contributed by atoms with Crippen molar-refractivity contribution in [2.75, 3.05) is 26.8 Å². The van der Waals surface area contributed by atoms with Crippen LogP contribution in [-0.2, 0) is 9.47 Å². The third kappa shape index (κ3) is 3.62. The van der Waals surface area contributed by atoms with Gasteiger partial charge in [0.25, 0.3) is 11.8 Å². The number of hydrogen-bond donors (Lipinski definition) is 1. The fourth-order valence-electron chi connectivity index (χ4n) is 2.46. The van der Waals surface area contributed by atoms with Crippen molar-refractivity contribution in [3.63, 3.8) is 0 Å². The molecule has 0 bridgehead atoms. The number of rotatable bonds is 4. The van der Waals surface area contributed by atoms with Crippen LogP contribution in [0.2, 0.25) is 0 Å². The van der Waals surface area contributed by atoms with Gasteiger partial charge in [0.15, 0.2) is 11.5 Å². The summed E-state index contributed by atoms with van der Waals surface area (Å²) in [6, 6.07) is 2.85. The van der Waals surface area contributed by atoms with Crippen molar-refractivity contribution in [2.24, 2.45) is 5.73 Å². The number of ether oxygens (including phenoxy) is 2. The van der Waals surface area contributed by atoms with Gasteiger partial charge in [-0.25, -0.2) is 0 Å². The van der Waals surface area contributed by atoms with E-state index in [0.29, 0.717) is 19.7 Å². The zero-order valence-corrected chi connectivity index (χ0v) is 12.4. The van der Waals surface area contributed by atoms with Crippen LogP contribution in [0.4, 0.5) is 0 Å². The van der Waals surface area contributed by atoms with E-state index in [1.807, 2.05) is 13.8 Å². The van der Waals surface area contributed by atoms with E-state index in [1.54, 1.807) is 12.0 Å². The van der Waals surface area contributed by atoms with E-state index in [2.05, 4.69) is 0 Å². The molecule has 1 aliphatic rings. The molecule has 116 valence electrons. The first-order valence-electron chi connectivity index (χ1n) is 6.68. The van der Waals surface area contributed by atoms with Crippen LogP contribution in [0.1, 0.15) is 35.0 Å². The van der Waals surface area contributed by atoms with Crippen LogP contribution in [-0.4, -0.2) is 55.2 Å². The maximum absolute atomic E-state index is 12.5. The summed E-state index contributed by atoms with van der Waals surface area (Å²) < 4.78 is 16.1. The Hall–Kier alpha value is -1.86. The molecule has 7 nitrogen and oxygen atoms in total. The number of nitrogens with two attached hydrogens (primary N) is 1. The first-order chi connectivity index (χ1) is 9.82. The van der Waals surface area contributed by atoms with Crippen molar-refractivity contribution in [1.29, 1.82) is 0 Å². The molecule has 2 rings (SSSR count). The zero-order chi connectivity index (χ0) is 15.6. The summed E-state index contributed by atoms with van der Waals surface area (Å²) in [4.78, 5) is 25.1. The third-order valence-corrected chi connectivity index (χ3v) is 3.18. The van der Waals surface area contributed by atoms with E-state index in [-0.39, 0.29) is 23.5 Å². The molecule has 0 spiro atoms. The predicted octanol–water partition coefficient (Wildman–Crippen LogP) is 0.644. The van der Waals surface area contributed by atoms with Gasteiger partial charge in [-0.15, -0.1) is 0 Å². The molecule has 2 heterocycles. The Kier molecular flexibility index (Phi) is 4.34. The van der Waals surface area contributed by atoms with Gasteiger partial charge in [-0.05, 0) is 26.0 Å². The molecule has 0 aliphatic carbocycles. The highest BCUT2D eigenvalue weighted by atomic mass is 16.5. The van der Waals surface area contributed by atoms with Gasteiger partial charge in [-0.3, -0.25) is 9.59 Å². The summed E-state index contributed by atoms with van der Waals surface area (Å²) in [5, 5.41) is 0. The van der Waals surface area contributed by atoms with Crippen molar-refractivity contribution in [3.8, 4) is 0 Å². The Morgan fingerprint density at radius 2 is 2.10 bits per heavy atom. The second-order valence-corrected chi connectivity index (χ2v) is 5.67. The number of carbonyl (C=O) groups excluding carboxylic acids is 2. The summed E-state index contributed by atoms with van der Waals surface area (Å²) >= 11 is 0. The lowest BCUT2D eigenvalue weighted by molar-refractivity contribution is -0.143. The Balaban J connectivity index is 2.14. The standard InChI is InChI=1S/C14H20N2O5/c1-14(2)8-16(6-9(21-14)7-19-3)13(18)11-5-4-10(20-11)12(15)17/h4-5,9H,6-8H2,1-3H3,(H2,15,17)/t9-/m0/s1. The molecule has 2 N–H and O–H groups in total. The normalized spacial score (nSPS) is 21.3. The minimum atomic E-state index is -0.700. The molecule has 0 unspecified atom stereocenters. The van der Waals surface area contributed by atoms with Crippen molar-refractivity contribution in [2.45, 2.75) is 25.6 Å². The van der Waals surface area contributed by atoms with Crippen LogP contribution in [0, 0.1) is 0 Å². The number of nitrogens with zero attached hydrogens (tertiary/aromatic N) is 1. The second kappa shape index (κ2) is 5.87. The Labute approximate surface area is 123 Å². The molecule has 1 aromatic heterocycles. The molecule has 21 heavy (non-hydrogen) atoms. The van der Waals surface area contributed by atoms with Gasteiger partial charge < -0.3 is 24.5 Å². The number of methoxy groups -OCH3 is 1. The molecule has 0 saturated carbocycles. The summed E-state index contributed by atoms with van der Waals surface area (Å²) in [5.41, 5.74) is 4.64. The third-order valence-electron chi connectivity index (χ3n) is 3.18. The highest BCUT2D eigenvalue weighted by Crippen LogP contribution is 2.23. The van der Waals surface area contributed by atoms with Gasteiger partial charge >= 0.3 is 0 Å². The molecule has 1 aliphatic heterocycles. The summed E-state index contributed by atoms with van der Waals surface area (Å²) in [5.74, 6) is -0.925. The SMILES string of the molecule is COC[C@@H]1CN(C(=O)c2ccc(C(N)=O)o2)CC(C)(C)O1. The van der Waals surface area contributed by atoms with Crippen molar-refractivity contribution >= 4 is 11.8 Å². The minimum Gasteiger partial charge on any atom is -0.446 e. The van der Waals surface area contributed by atoms with Crippen LogP contribution >= 0.6 is 0 Å². The highest BCUT2D eigenvalue weighted by molar-refractivity contribution is 5.95. The topological polar surface area (TPSA) is 95.0 Å². The number of morpholine rings is 1. The molecule has 1 aromatic rings. The van der Waals surface area contributed by atoms with Crippen LogP contribution in [0.3, 0.4) is 0 Å².